The van der Waals surface area contributed by atoms with Gasteiger partial charge in [-0.15, -0.1) is 0 Å². The minimum Gasteiger partial charge on any atom is -0.457 e. The molecule has 1 aromatic carbocycles. The van der Waals surface area contributed by atoms with Crippen molar-refractivity contribution < 1.29 is 38.8 Å². The Bertz CT molecular complexity index is 844. The van der Waals surface area contributed by atoms with Crippen molar-refractivity contribution in [2.45, 2.75) is 97.0 Å². The molecule has 1 aromatic rings. The van der Waals surface area contributed by atoms with Crippen molar-refractivity contribution in [2.75, 3.05) is 20.2 Å². The second kappa shape index (κ2) is 15.7. The highest BCUT2D eigenvalue weighted by Gasteiger charge is 2.27. The molecule has 0 bridgehead atoms. The number of benzene rings is 1. The summed E-state index contributed by atoms with van der Waals surface area (Å²) >= 11 is 0. The van der Waals surface area contributed by atoms with E-state index < -0.39 is 42.0 Å². The average molecular weight is 525 g/mol. The van der Waals surface area contributed by atoms with Crippen LogP contribution in [0.1, 0.15) is 59.9 Å². The summed E-state index contributed by atoms with van der Waals surface area (Å²) in [6.45, 7) is 10.6. The van der Waals surface area contributed by atoms with Gasteiger partial charge in [-0.3, -0.25) is 14.5 Å². The zero-order valence-corrected chi connectivity index (χ0v) is 23.1. The van der Waals surface area contributed by atoms with Gasteiger partial charge in [0, 0.05) is 19.0 Å². The highest BCUT2D eigenvalue weighted by atomic mass is 16.6. The molecule has 0 fully saturated rings. The SMILES string of the molecule is CC(C)OCC(C)(C)OC(=O)CCC(=O)NC(Cc1ccccc1)CN(C)C(O)C(C)OC(=O)C(C)O. The van der Waals surface area contributed by atoms with E-state index in [4.69, 9.17) is 14.2 Å². The summed E-state index contributed by atoms with van der Waals surface area (Å²) in [4.78, 5) is 38.2. The third kappa shape index (κ3) is 13.5. The molecule has 210 valence electrons. The number of amides is 1. The lowest BCUT2D eigenvalue weighted by Gasteiger charge is -2.32. The van der Waals surface area contributed by atoms with Crippen LogP contribution in [0.15, 0.2) is 30.3 Å². The first-order chi connectivity index (χ1) is 17.2. The molecule has 0 saturated carbocycles. The number of esters is 2. The molecule has 10 nitrogen and oxygen atoms in total. The van der Waals surface area contributed by atoms with E-state index in [2.05, 4.69) is 5.32 Å². The van der Waals surface area contributed by atoms with Gasteiger partial charge < -0.3 is 29.7 Å². The molecule has 4 atom stereocenters. The number of aliphatic hydroxyl groups excluding tert-OH is 2. The first-order valence-electron chi connectivity index (χ1n) is 12.6. The van der Waals surface area contributed by atoms with Crippen LogP contribution in [0, 0.1) is 0 Å². The Morgan fingerprint density at radius 1 is 1.03 bits per heavy atom. The van der Waals surface area contributed by atoms with Crippen molar-refractivity contribution in [3.63, 3.8) is 0 Å². The number of hydrogen-bond acceptors (Lipinski definition) is 9. The van der Waals surface area contributed by atoms with Crippen molar-refractivity contribution in [3.8, 4) is 0 Å². The van der Waals surface area contributed by atoms with Gasteiger partial charge in [-0.05, 0) is 60.6 Å². The van der Waals surface area contributed by atoms with Crippen LogP contribution in [0.25, 0.3) is 0 Å². The number of nitrogens with one attached hydrogen (secondary N) is 1. The van der Waals surface area contributed by atoms with Crippen LogP contribution in [0.3, 0.4) is 0 Å². The number of nitrogens with zero attached hydrogens (tertiary/aromatic N) is 1. The number of likely N-dealkylation sites (N-methyl/N-ethyl adjacent to an activating group) is 1. The minimum atomic E-state index is -1.30. The van der Waals surface area contributed by atoms with Crippen LogP contribution in [0.4, 0.5) is 0 Å². The molecule has 1 amide bonds. The standard InChI is InChI=1S/C27H44N2O8/c1-18(2)35-17-27(5,6)37-24(32)14-13-23(31)28-22(15-21-11-9-8-10-12-21)16-29(7)25(33)20(4)36-26(34)19(3)30/h8-12,18-20,22,25,30,33H,13-17H2,1-7H3,(H,28,31). The molecule has 0 heterocycles. The van der Waals surface area contributed by atoms with Crippen molar-refractivity contribution >= 4 is 17.8 Å². The van der Waals surface area contributed by atoms with Gasteiger partial charge in [0.05, 0.1) is 19.1 Å². The van der Waals surface area contributed by atoms with Gasteiger partial charge in [0.2, 0.25) is 5.91 Å². The minimum absolute atomic E-state index is 0.00947. The molecular weight excluding hydrogens is 480 g/mol. The zero-order valence-electron chi connectivity index (χ0n) is 23.1. The molecule has 37 heavy (non-hydrogen) atoms. The first kappa shape index (κ1) is 32.5. The maximum absolute atomic E-state index is 12.7. The van der Waals surface area contributed by atoms with E-state index in [1.54, 1.807) is 25.8 Å². The number of carbonyl (C=O) groups excluding carboxylic acids is 3. The van der Waals surface area contributed by atoms with Crippen LogP contribution in [0.2, 0.25) is 0 Å². The number of carbonyl (C=O) groups is 3. The van der Waals surface area contributed by atoms with Crippen molar-refractivity contribution in [3.05, 3.63) is 35.9 Å². The third-order valence-corrected chi connectivity index (χ3v) is 5.42. The fourth-order valence-electron chi connectivity index (χ4n) is 3.49. The van der Waals surface area contributed by atoms with Gasteiger partial charge >= 0.3 is 11.9 Å². The lowest BCUT2D eigenvalue weighted by atomic mass is 10.0. The van der Waals surface area contributed by atoms with Crippen molar-refractivity contribution in [2.24, 2.45) is 0 Å². The lowest BCUT2D eigenvalue weighted by Crippen LogP contribution is -2.50. The van der Waals surface area contributed by atoms with Crippen LogP contribution >= 0.6 is 0 Å². The van der Waals surface area contributed by atoms with E-state index in [-0.39, 0.29) is 38.0 Å². The van der Waals surface area contributed by atoms with E-state index in [1.807, 2.05) is 44.2 Å². The summed E-state index contributed by atoms with van der Waals surface area (Å²) in [6.07, 6.45) is -3.02. The maximum Gasteiger partial charge on any atom is 0.335 e. The topological polar surface area (TPSA) is 135 Å². The molecule has 0 aliphatic rings. The van der Waals surface area contributed by atoms with Crippen LogP contribution < -0.4 is 5.32 Å². The second-order valence-corrected chi connectivity index (χ2v) is 10.2. The fraction of sp³-hybridized carbons (Fsp3) is 0.667. The monoisotopic (exact) mass is 524 g/mol. The smallest absolute Gasteiger partial charge is 0.335 e. The predicted octanol–water partition coefficient (Wildman–Crippen LogP) is 1.80. The van der Waals surface area contributed by atoms with E-state index in [1.165, 1.54) is 13.8 Å². The van der Waals surface area contributed by atoms with Crippen molar-refractivity contribution in [1.29, 1.82) is 0 Å². The Morgan fingerprint density at radius 2 is 1.65 bits per heavy atom. The first-order valence-corrected chi connectivity index (χ1v) is 12.6. The Labute approximate surface area is 220 Å². The van der Waals surface area contributed by atoms with Gasteiger partial charge in [0.15, 0.2) is 0 Å². The largest absolute Gasteiger partial charge is 0.457 e. The highest BCUT2D eigenvalue weighted by molar-refractivity contribution is 5.81. The van der Waals surface area contributed by atoms with Gasteiger partial charge in [0.25, 0.3) is 0 Å². The average Bonchev–Trinajstić information content (AvgIpc) is 2.81. The van der Waals surface area contributed by atoms with Crippen LogP contribution in [-0.4, -0.2) is 89.3 Å². The van der Waals surface area contributed by atoms with E-state index in [9.17, 15) is 24.6 Å². The Morgan fingerprint density at radius 3 is 2.22 bits per heavy atom. The highest BCUT2D eigenvalue weighted by Crippen LogP contribution is 2.14. The van der Waals surface area contributed by atoms with E-state index in [0.717, 1.165) is 5.56 Å². The molecule has 0 radical (unpaired) electrons. The normalized spacial score (nSPS) is 15.1. The molecular formula is C27H44N2O8. The molecule has 10 heteroatoms. The molecule has 3 N–H and O–H groups in total. The van der Waals surface area contributed by atoms with E-state index in [0.29, 0.717) is 6.42 Å². The quantitative estimate of drug-likeness (QED) is 0.219. The predicted molar refractivity (Wildman–Crippen MR) is 138 cm³/mol. The second-order valence-electron chi connectivity index (χ2n) is 10.2. The number of rotatable bonds is 16. The number of aliphatic hydroxyl groups is 2. The third-order valence-electron chi connectivity index (χ3n) is 5.42. The fourth-order valence-corrected chi connectivity index (χ4v) is 3.49. The maximum atomic E-state index is 12.7. The lowest BCUT2D eigenvalue weighted by molar-refractivity contribution is -0.169. The van der Waals surface area contributed by atoms with E-state index >= 15 is 0 Å². The Balaban J connectivity index is 2.73. The number of ether oxygens (including phenoxy) is 3. The Hall–Kier alpha value is -2.53. The summed E-state index contributed by atoms with van der Waals surface area (Å²) in [5.41, 5.74) is 0.177. The molecule has 0 aliphatic heterocycles. The molecule has 0 saturated heterocycles. The summed E-state index contributed by atoms with van der Waals surface area (Å²) in [5, 5.41) is 22.9. The summed E-state index contributed by atoms with van der Waals surface area (Å²) < 4.78 is 16.1. The molecule has 0 aliphatic carbocycles. The zero-order chi connectivity index (χ0) is 28.2. The summed E-state index contributed by atoms with van der Waals surface area (Å²) in [6, 6.07) is 9.14. The Kier molecular flexibility index (Phi) is 13.8. The van der Waals surface area contributed by atoms with Gasteiger partial charge in [-0.2, -0.15) is 0 Å². The van der Waals surface area contributed by atoms with Gasteiger partial charge in [0.1, 0.15) is 24.0 Å². The molecule has 1 rings (SSSR count). The van der Waals surface area contributed by atoms with Crippen LogP contribution in [0.5, 0.6) is 0 Å². The van der Waals surface area contributed by atoms with Gasteiger partial charge in [-0.1, -0.05) is 30.3 Å². The molecule has 0 spiro atoms. The summed E-state index contributed by atoms with van der Waals surface area (Å²) in [5.74, 6) is -1.65. The summed E-state index contributed by atoms with van der Waals surface area (Å²) in [7, 11) is 1.64. The molecule has 4 unspecified atom stereocenters. The van der Waals surface area contributed by atoms with Crippen LogP contribution in [-0.2, 0) is 35.0 Å². The van der Waals surface area contributed by atoms with Crippen molar-refractivity contribution in [1.82, 2.24) is 10.2 Å². The van der Waals surface area contributed by atoms with Gasteiger partial charge in [-0.25, -0.2) is 4.79 Å². The molecule has 0 aromatic heterocycles. The number of hydrogen-bond donors (Lipinski definition) is 3.